The van der Waals surface area contributed by atoms with Gasteiger partial charge in [-0.2, -0.15) is 0 Å². The molecule has 0 atom stereocenters. The molecule has 6 heteroatoms. The molecule has 1 amide bonds. The van der Waals surface area contributed by atoms with E-state index in [1.807, 2.05) is 24.4 Å². The van der Waals surface area contributed by atoms with Crippen molar-refractivity contribution in [1.82, 2.24) is 15.2 Å². The van der Waals surface area contributed by atoms with Gasteiger partial charge in [0.25, 0.3) is 0 Å². The summed E-state index contributed by atoms with van der Waals surface area (Å²) in [4.78, 5) is 18.1. The van der Waals surface area contributed by atoms with E-state index in [1.165, 1.54) is 17.0 Å². The highest BCUT2D eigenvalue weighted by atomic mass is 16.3. The molecule has 1 aliphatic heterocycles. The summed E-state index contributed by atoms with van der Waals surface area (Å²) in [5.41, 5.74) is 3.32. The lowest BCUT2D eigenvalue weighted by Gasteiger charge is -2.31. The number of para-hydroxylation sites is 1. The fourth-order valence-electron chi connectivity index (χ4n) is 4.08. The van der Waals surface area contributed by atoms with Crippen LogP contribution < -0.4 is 5.32 Å². The van der Waals surface area contributed by atoms with E-state index >= 15 is 0 Å². The molecule has 2 heterocycles. The predicted molar refractivity (Wildman–Crippen MR) is 113 cm³/mol. The Hall–Kier alpha value is -2.99. The van der Waals surface area contributed by atoms with Crippen molar-refractivity contribution in [2.45, 2.75) is 25.8 Å². The van der Waals surface area contributed by atoms with Gasteiger partial charge in [0.15, 0.2) is 11.5 Å². The summed E-state index contributed by atoms with van der Waals surface area (Å²) in [7, 11) is 0. The van der Waals surface area contributed by atoms with E-state index < -0.39 is 0 Å². The van der Waals surface area contributed by atoms with Crippen molar-refractivity contribution in [2.24, 2.45) is 5.92 Å². The normalized spacial score (nSPS) is 15.6. The van der Waals surface area contributed by atoms with E-state index in [0.29, 0.717) is 13.1 Å². The molecule has 0 unspecified atom stereocenters. The summed E-state index contributed by atoms with van der Waals surface area (Å²) >= 11 is 0. The number of nitrogens with zero attached hydrogens (tertiary/aromatic N) is 1. The number of hydrogen-bond donors (Lipinski definition) is 4. The SMILES string of the molecule is O=C(NCCc1c[nH]c2ccccc12)C1CCN(Cc2ccc(O)c(O)c2)CC1. The number of fused-ring (bicyclic) bond motifs is 1. The molecule has 1 aromatic heterocycles. The Kier molecular flexibility index (Phi) is 5.71. The first-order valence-corrected chi connectivity index (χ1v) is 10.2. The zero-order chi connectivity index (χ0) is 20.2. The van der Waals surface area contributed by atoms with Crippen LogP contribution in [0.2, 0.25) is 0 Å². The van der Waals surface area contributed by atoms with Gasteiger partial charge in [0.2, 0.25) is 5.91 Å². The highest BCUT2D eigenvalue weighted by Gasteiger charge is 2.24. The number of likely N-dealkylation sites (tertiary alicyclic amines) is 1. The van der Waals surface area contributed by atoms with Crippen LogP contribution >= 0.6 is 0 Å². The average molecular weight is 393 g/mol. The zero-order valence-corrected chi connectivity index (χ0v) is 16.4. The Labute approximate surface area is 170 Å². The number of hydrogen-bond acceptors (Lipinski definition) is 4. The first kappa shape index (κ1) is 19.3. The Morgan fingerprint density at radius 3 is 2.69 bits per heavy atom. The summed E-state index contributed by atoms with van der Waals surface area (Å²) in [6.45, 7) is 3.06. The summed E-state index contributed by atoms with van der Waals surface area (Å²) in [6, 6.07) is 13.1. The predicted octanol–water partition coefficient (Wildman–Crippen LogP) is 3.15. The molecule has 1 fully saturated rings. The Balaban J connectivity index is 1.22. The van der Waals surface area contributed by atoms with Gasteiger partial charge in [-0.15, -0.1) is 0 Å². The first-order valence-electron chi connectivity index (χ1n) is 10.2. The van der Waals surface area contributed by atoms with Gasteiger partial charge in [0, 0.05) is 36.1 Å². The van der Waals surface area contributed by atoms with Crippen LogP contribution in [0.1, 0.15) is 24.0 Å². The minimum Gasteiger partial charge on any atom is -0.504 e. The minimum atomic E-state index is -0.100. The summed E-state index contributed by atoms with van der Waals surface area (Å²) < 4.78 is 0. The molecule has 3 aromatic rings. The van der Waals surface area contributed by atoms with E-state index in [1.54, 1.807) is 6.07 Å². The number of nitrogens with one attached hydrogen (secondary N) is 2. The molecule has 4 rings (SSSR count). The zero-order valence-electron chi connectivity index (χ0n) is 16.4. The van der Waals surface area contributed by atoms with Crippen molar-refractivity contribution in [3.63, 3.8) is 0 Å². The molecule has 0 aliphatic carbocycles. The van der Waals surface area contributed by atoms with E-state index in [4.69, 9.17) is 0 Å². The average Bonchev–Trinajstić information content (AvgIpc) is 3.14. The molecule has 4 N–H and O–H groups in total. The number of amides is 1. The Bertz CT molecular complexity index is 990. The number of carbonyl (C=O) groups excluding carboxylic acids is 1. The topological polar surface area (TPSA) is 88.6 Å². The number of aromatic amines is 1. The second kappa shape index (κ2) is 8.57. The van der Waals surface area contributed by atoms with Crippen LogP contribution in [-0.4, -0.2) is 45.6 Å². The lowest BCUT2D eigenvalue weighted by atomic mass is 9.95. The van der Waals surface area contributed by atoms with Gasteiger partial charge in [-0.05, 0) is 61.7 Å². The molecule has 0 spiro atoms. The molecular weight excluding hydrogens is 366 g/mol. The molecule has 1 saturated heterocycles. The number of piperidine rings is 1. The number of rotatable bonds is 6. The first-order chi connectivity index (χ1) is 14.1. The van der Waals surface area contributed by atoms with Gasteiger partial charge in [-0.25, -0.2) is 0 Å². The van der Waals surface area contributed by atoms with Crippen molar-refractivity contribution < 1.29 is 15.0 Å². The fraction of sp³-hybridized carbons (Fsp3) is 0.348. The highest BCUT2D eigenvalue weighted by molar-refractivity contribution is 5.83. The second-order valence-electron chi connectivity index (χ2n) is 7.77. The summed E-state index contributed by atoms with van der Waals surface area (Å²) in [5, 5.41) is 23.4. The highest BCUT2D eigenvalue weighted by Crippen LogP contribution is 2.26. The van der Waals surface area contributed by atoms with Crippen LogP contribution in [0.3, 0.4) is 0 Å². The van der Waals surface area contributed by atoms with Gasteiger partial charge in [0.1, 0.15) is 0 Å². The van der Waals surface area contributed by atoms with Crippen LogP contribution in [0.5, 0.6) is 11.5 Å². The third-order valence-corrected chi connectivity index (χ3v) is 5.77. The molecule has 152 valence electrons. The third-order valence-electron chi connectivity index (χ3n) is 5.77. The van der Waals surface area contributed by atoms with Gasteiger partial charge >= 0.3 is 0 Å². The molecular formula is C23H27N3O3. The number of aromatic hydroxyl groups is 2. The summed E-state index contributed by atoms with van der Waals surface area (Å²) in [6.07, 6.45) is 4.52. The van der Waals surface area contributed by atoms with Gasteiger partial charge in [-0.3, -0.25) is 9.69 Å². The van der Waals surface area contributed by atoms with E-state index in [-0.39, 0.29) is 23.3 Å². The van der Waals surface area contributed by atoms with Crippen LogP contribution in [0, 0.1) is 5.92 Å². The van der Waals surface area contributed by atoms with Crippen LogP contribution in [0.4, 0.5) is 0 Å². The van der Waals surface area contributed by atoms with E-state index in [0.717, 1.165) is 43.4 Å². The molecule has 2 aromatic carbocycles. The van der Waals surface area contributed by atoms with Gasteiger partial charge < -0.3 is 20.5 Å². The fourth-order valence-corrected chi connectivity index (χ4v) is 4.08. The van der Waals surface area contributed by atoms with Gasteiger partial charge in [0.05, 0.1) is 0 Å². The van der Waals surface area contributed by atoms with Crippen LogP contribution in [0.15, 0.2) is 48.7 Å². The van der Waals surface area contributed by atoms with Crippen LogP contribution in [-0.2, 0) is 17.8 Å². The lowest BCUT2D eigenvalue weighted by Crippen LogP contribution is -2.40. The van der Waals surface area contributed by atoms with Crippen LogP contribution in [0.25, 0.3) is 10.9 Å². The van der Waals surface area contributed by atoms with E-state index in [2.05, 4.69) is 27.3 Å². The second-order valence-corrected chi connectivity index (χ2v) is 7.77. The monoisotopic (exact) mass is 393 g/mol. The summed E-state index contributed by atoms with van der Waals surface area (Å²) in [5.74, 6) is 0.0120. The number of benzene rings is 2. The molecule has 1 aliphatic rings. The van der Waals surface area contributed by atoms with Crippen molar-refractivity contribution in [3.05, 3.63) is 59.8 Å². The molecule has 29 heavy (non-hydrogen) atoms. The quantitative estimate of drug-likeness (QED) is 0.485. The van der Waals surface area contributed by atoms with E-state index in [9.17, 15) is 15.0 Å². The van der Waals surface area contributed by atoms with Crippen molar-refractivity contribution in [2.75, 3.05) is 19.6 Å². The van der Waals surface area contributed by atoms with Crippen molar-refractivity contribution >= 4 is 16.8 Å². The van der Waals surface area contributed by atoms with Crippen molar-refractivity contribution in [3.8, 4) is 11.5 Å². The number of phenols is 2. The maximum absolute atomic E-state index is 12.5. The lowest BCUT2D eigenvalue weighted by molar-refractivity contribution is -0.126. The molecule has 0 bridgehead atoms. The Morgan fingerprint density at radius 2 is 1.90 bits per heavy atom. The third kappa shape index (κ3) is 4.54. The number of H-pyrrole nitrogens is 1. The van der Waals surface area contributed by atoms with Crippen molar-refractivity contribution in [1.29, 1.82) is 0 Å². The number of aromatic nitrogens is 1. The molecule has 0 saturated carbocycles. The number of phenolic OH excluding ortho intramolecular Hbond substituents is 2. The van der Waals surface area contributed by atoms with Gasteiger partial charge in [-0.1, -0.05) is 24.3 Å². The number of carbonyl (C=O) groups is 1. The molecule has 6 nitrogen and oxygen atoms in total. The molecule has 0 radical (unpaired) electrons. The minimum absolute atomic E-state index is 0.0578. The Morgan fingerprint density at radius 1 is 1.10 bits per heavy atom. The maximum atomic E-state index is 12.5. The standard InChI is InChI=1S/C23H27N3O3/c27-21-6-5-16(13-22(21)28)15-26-11-8-17(9-12-26)23(29)24-10-7-18-14-25-20-4-2-1-3-19(18)20/h1-6,13-14,17,25,27-28H,7-12,15H2,(H,24,29). The largest absolute Gasteiger partial charge is 0.504 e. The smallest absolute Gasteiger partial charge is 0.223 e. The maximum Gasteiger partial charge on any atom is 0.223 e.